The van der Waals surface area contributed by atoms with Crippen LogP contribution in [0.3, 0.4) is 0 Å². The van der Waals surface area contributed by atoms with Gasteiger partial charge in [-0.05, 0) is 42.8 Å². The van der Waals surface area contributed by atoms with E-state index in [0.717, 1.165) is 30.4 Å². The maximum absolute atomic E-state index is 5.90. The molecule has 0 atom stereocenters. The molecule has 0 bridgehead atoms. The zero-order valence-corrected chi connectivity index (χ0v) is 12.6. The van der Waals surface area contributed by atoms with Crippen molar-refractivity contribution in [2.24, 2.45) is 5.92 Å². The van der Waals surface area contributed by atoms with Gasteiger partial charge in [0.2, 0.25) is 0 Å². The Balaban J connectivity index is 1.80. The van der Waals surface area contributed by atoms with Crippen molar-refractivity contribution in [3.05, 3.63) is 52.9 Å². The lowest BCUT2D eigenvalue weighted by atomic mass is 10.2. The molecule has 108 valence electrons. The molecule has 0 radical (unpaired) electrons. The molecule has 1 heterocycles. The lowest BCUT2D eigenvalue weighted by Gasteiger charge is -2.06. The Morgan fingerprint density at radius 1 is 1.20 bits per heavy atom. The van der Waals surface area contributed by atoms with Crippen LogP contribution < -0.4 is 10.1 Å². The monoisotopic (exact) mass is 293 g/mol. The topological polar surface area (TPSA) is 34.4 Å². The summed E-state index contributed by atoms with van der Waals surface area (Å²) in [5.41, 5.74) is 0. The Hall–Kier alpha value is -1.45. The normalized spacial score (nSPS) is 11.0. The molecule has 1 N–H and O–H groups in total. The minimum absolute atomic E-state index is 0.407. The van der Waals surface area contributed by atoms with Crippen LogP contribution in [-0.4, -0.2) is 6.54 Å². The summed E-state index contributed by atoms with van der Waals surface area (Å²) in [6.07, 6.45) is 0. The average Bonchev–Trinajstić information content (AvgIpc) is 2.84. The quantitative estimate of drug-likeness (QED) is 0.828. The molecular weight excluding hydrogens is 274 g/mol. The van der Waals surface area contributed by atoms with E-state index in [1.165, 1.54) is 0 Å². The highest BCUT2D eigenvalue weighted by atomic mass is 35.5. The molecule has 0 aliphatic heterocycles. The molecule has 2 rings (SSSR count). The van der Waals surface area contributed by atoms with Gasteiger partial charge in [0.1, 0.15) is 23.9 Å². The van der Waals surface area contributed by atoms with Crippen LogP contribution in [0.15, 0.2) is 40.8 Å². The first-order valence-electron chi connectivity index (χ1n) is 6.80. The van der Waals surface area contributed by atoms with E-state index in [1.807, 2.05) is 30.3 Å². The van der Waals surface area contributed by atoms with Crippen LogP contribution in [0.1, 0.15) is 25.4 Å². The van der Waals surface area contributed by atoms with Gasteiger partial charge in [0.25, 0.3) is 0 Å². The number of rotatable bonds is 7. The molecule has 0 spiro atoms. The number of nitrogens with one attached hydrogen (secondary N) is 1. The van der Waals surface area contributed by atoms with E-state index >= 15 is 0 Å². The first kappa shape index (κ1) is 14.9. The molecule has 4 heteroatoms. The maximum atomic E-state index is 5.90. The highest BCUT2D eigenvalue weighted by molar-refractivity contribution is 6.30. The molecule has 0 amide bonds. The Labute approximate surface area is 124 Å². The van der Waals surface area contributed by atoms with Gasteiger partial charge in [-0.2, -0.15) is 0 Å². The van der Waals surface area contributed by atoms with Gasteiger partial charge in [0, 0.05) is 5.02 Å². The summed E-state index contributed by atoms with van der Waals surface area (Å²) in [5, 5.41) is 4.01. The molecule has 2 aromatic rings. The second-order valence-electron chi connectivity index (χ2n) is 5.14. The summed E-state index contributed by atoms with van der Waals surface area (Å²) in [6, 6.07) is 11.3. The molecule has 0 unspecified atom stereocenters. The molecule has 0 aliphatic rings. The van der Waals surface area contributed by atoms with E-state index in [1.54, 1.807) is 6.07 Å². The van der Waals surface area contributed by atoms with E-state index in [9.17, 15) is 0 Å². The second kappa shape index (κ2) is 7.36. The van der Waals surface area contributed by atoms with Crippen LogP contribution in [-0.2, 0) is 13.2 Å². The molecule has 1 aromatic heterocycles. The molecule has 0 fully saturated rings. The average molecular weight is 294 g/mol. The summed E-state index contributed by atoms with van der Waals surface area (Å²) in [7, 11) is 0. The maximum Gasteiger partial charge on any atom is 0.146 e. The predicted octanol–water partition coefficient (Wildman–Crippen LogP) is 4.26. The van der Waals surface area contributed by atoms with Crippen molar-refractivity contribution in [3.63, 3.8) is 0 Å². The lowest BCUT2D eigenvalue weighted by molar-refractivity contribution is 0.265. The van der Waals surface area contributed by atoms with Crippen molar-refractivity contribution in [1.82, 2.24) is 5.32 Å². The predicted molar refractivity (Wildman–Crippen MR) is 81.0 cm³/mol. The van der Waals surface area contributed by atoms with Gasteiger partial charge >= 0.3 is 0 Å². The van der Waals surface area contributed by atoms with E-state index in [-0.39, 0.29) is 0 Å². The number of hydrogen-bond acceptors (Lipinski definition) is 3. The third-order valence-electron chi connectivity index (χ3n) is 2.75. The second-order valence-corrected chi connectivity index (χ2v) is 5.58. The van der Waals surface area contributed by atoms with Gasteiger partial charge in [-0.3, -0.25) is 0 Å². The van der Waals surface area contributed by atoms with Crippen LogP contribution in [0.4, 0.5) is 0 Å². The van der Waals surface area contributed by atoms with Gasteiger partial charge in [0.05, 0.1) is 6.54 Å². The van der Waals surface area contributed by atoms with Crippen LogP contribution >= 0.6 is 11.6 Å². The zero-order chi connectivity index (χ0) is 14.4. The summed E-state index contributed by atoms with van der Waals surface area (Å²) in [5.74, 6) is 3.12. The molecule has 0 saturated carbocycles. The fourth-order valence-corrected chi connectivity index (χ4v) is 1.97. The highest BCUT2D eigenvalue weighted by Crippen LogP contribution is 2.19. The Bertz CT molecular complexity index is 537. The number of hydrogen-bond donors (Lipinski definition) is 1. The van der Waals surface area contributed by atoms with Gasteiger partial charge in [-0.25, -0.2) is 0 Å². The first-order valence-corrected chi connectivity index (χ1v) is 7.18. The summed E-state index contributed by atoms with van der Waals surface area (Å²) >= 11 is 5.90. The van der Waals surface area contributed by atoms with Crippen LogP contribution in [0.2, 0.25) is 5.02 Å². The van der Waals surface area contributed by atoms with E-state index in [2.05, 4.69) is 19.2 Å². The van der Waals surface area contributed by atoms with Crippen molar-refractivity contribution in [3.8, 4) is 5.75 Å². The highest BCUT2D eigenvalue weighted by Gasteiger charge is 2.04. The molecule has 20 heavy (non-hydrogen) atoms. The van der Waals surface area contributed by atoms with Crippen molar-refractivity contribution < 1.29 is 9.15 Å². The van der Waals surface area contributed by atoms with Gasteiger partial charge in [-0.15, -0.1) is 0 Å². The summed E-state index contributed by atoms with van der Waals surface area (Å²) < 4.78 is 11.3. The number of ether oxygens (including phenoxy) is 1. The minimum atomic E-state index is 0.407. The summed E-state index contributed by atoms with van der Waals surface area (Å²) in [4.78, 5) is 0. The Morgan fingerprint density at radius 3 is 2.75 bits per heavy atom. The molecule has 3 nitrogen and oxygen atoms in total. The molecular formula is C16H20ClNO2. The van der Waals surface area contributed by atoms with E-state index < -0.39 is 0 Å². The van der Waals surface area contributed by atoms with Crippen LogP contribution in [0.5, 0.6) is 5.75 Å². The molecule has 0 saturated heterocycles. The van der Waals surface area contributed by atoms with Gasteiger partial charge in [-0.1, -0.05) is 31.5 Å². The number of furan rings is 1. The molecule has 0 aliphatic carbocycles. The Kier molecular flexibility index (Phi) is 5.50. The molecule has 1 aromatic carbocycles. The third kappa shape index (κ3) is 4.91. The zero-order valence-electron chi connectivity index (χ0n) is 11.9. The fourth-order valence-electron chi connectivity index (χ4n) is 1.79. The van der Waals surface area contributed by atoms with E-state index in [4.69, 9.17) is 20.8 Å². The van der Waals surface area contributed by atoms with E-state index in [0.29, 0.717) is 17.5 Å². The van der Waals surface area contributed by atoms with Crippen LogP contribution in [0.25, 0.3) is 0 Å². The summed E-state index contributed by atoms with van der Waals surface area (Å²) in [6.45, 7) is 6.49. The van der Waals surface area contributed by atoms with Gasteiger partial charge < -0.3 is 14.5 Å². The van der Waals surface area contributed by atoms with Crippen molar-refractivity contribution >= 4 is 11.6 Å². The first-order chi connectivity index (χ1) is 9.63. The third-order valence-corrected chi connectivity index (χ3v) is 2.98. The fraction of sp³-hybridized carbons (Fsp3) is 0.375. The standard InChI is InChI=1S/C16H20ClNO2/c1-12(2)9-18-10-15-6-7-16(20-15)11-19-14-5-3-4-13(17)8-14/h3-8,12,18H,9-11H2,1-2H3. The minimum Gasteiger partial charge on any atom is -0.486 e. The van der Waals surface area contributed by atoms with Crippen molar-refractivity contribution in [2.75, 3.05) is 6.54 Å². The number of halogens is 1. The van der Waals surface area contributed by atoms with Crippen molar-refractivity contribution in [2.45, 2.75) is 27.0 Å². The van der Waals surface area contributed by atoms with Crippen molar-refractivity contribution in [1.29, 1.82) is 0 Å². The van der Waals surface area contributed by atoms with Gasteiger partial charge in [0.15, 0.2) is 0 Å². The Morgan fingerprint density at radius 2 is 2.00 bits per heavy atom. The van der Waals surface area contributed by atoms with Crippen LogP contribution in [0, 0.1) is 5.92 Å². The smallest absolute Gasteiger partial charge is 0.146 e. The SMILES string of the molecule is CC(C)CNCc1ccc(COc2cccc(Cl)c2)o1. The number of benzene rings is 1. The largest absolute Gasteiger partial charge is 0.486 e. The lowest BCUT2D eigenvalue weighted by Crippen LogP contribution is -2.18.